The van der Waals surface area contributed by atoms with Gasteiger partial charge in [-0.3, -0.25) is 14.5 Å². The first kappa shape index (κ1) is 34.6. The van der Waals surface area contributed by atoms with Gasteiger partial charge < -0.3 is 24.6 Å². The van der Waals surface area contributed by atoms with E-state index in [0.29, 0.717) is 23.0 Å². The number of carbonyl (C=O) groups excluding carboxylic acids is 1. The molecule has 2 aromatic carbocycles. The third-order valence-electron chi connectivity index (χ3n) is 7.60. The molecular weight excluding hydrogens is 580 g/mol. The number of nitrogens with one attached hydrogen (secondary N) is 2. The first-order valence-electron chi connectivity index (χ1n) is 14.4. The van der Waals surface area contributed by atoms with Gasteiger partial charge in [-0.15, -0.1) is 0 Å². The third kappa shape index (κ3) is 9.06. The third-order valence-corrected chi connectivity index (χ3v) is 8.19. The molecule has 0 atom stereocenters. The lowest BCUT2D eigenvalue weighted by Crippen LogP contribution is -2.44. The molecule has 240 valence electrons. The van der Waals surface area contributed by atoms with Crippen LogP contribution in [0.2, 0.25) is 0 Å². The average Bonchev–Trinajstić information content (AvgIpc) is 2.94. The summed E-state index contributed by atoms with van der Waals surface area (Å²) in [5, 5.41) is 2.89. The van der Waals surface area contributed by atoms with Gasteiger partial charge in [0.25, 0.3) is 5.91 Å². The molecule has 44 heavy (non-hydrogen) atoms. The summed E-state index contributed by atoms with van der Waals surface area (Å²) < 4.78 is 38.4. The molecule has 2 aromatic rings. The van der Waals surface area contributed by atoms with E-state index in [4.69, 9.17) is 9.47 Å². The summed E-state index contributed by atoms with van der Waals surface area (Å²) >= 11 is 0. The van der Waals surface area contributed by atoms with Gasteiger partial charge in [-0.25, -0.2) is 13.4 Å². The number of amidine groups is 1. The number of ether oxygens (including phenoxy) is 2. The minimum absolute atomic E-state index is 0.196. The number of aryl methyl sites for hydroxylation is 1. The van der Waals surface area contributed by atoms with Crippen molar-refractivity contribution in [3.63, 3.8) is 0 Å². The van der Waals surface area contributed by atoms with Crippen LogP contribution < -0.4 is 19.5 Å². The van der Waals surface area contributed by atoms with Crippen LogP contribution in [0.3, 0.4) is 0 Å². The molecule has 0 radical (unpaired) electrons. The zero-order chi connectivity index (χ0) is 32.8. The van der Waals surface area contributed by atoms with Crippen LogP contribution in [0.5, 0.6) is 11.5 Å². The number of hydrogen-bond acceptors (Lipinski definition) is 8. The summed E-state index contributed by atoms with van der Waals surface area (Å²) in [5.74, 6) is 1.17. The van der Waals surface area contributed by atoms with Gasteiger partial charge in [0.2, 0.25) is 15.9 Å². The number of amides is 1. The molecule has 1 aliphatic heterocycles. The van der Waals surface area contributed by atoms with Crippen LogP contribution >= 0.6 is 0 Å². The number of methoxy groups -OCH3 is 1. The molecule has 1 aliphatic rings. The number of hydrogen-bond donors (Lipinski definition) is 2. The fraction of sp³-hybridized carbons (Fsp3) is 0.469. The van der Waals surface area contributed by atoms with Crippen LogP contribution in [0.4, 0.5) is 11.4 Å². The van der Waals surface area contributed by atoms with Crippen molar-refractivity contribution in [1.82, 2.24) is 9.80 Å². The van der Waals surface area contributed by atoms with E-state index in [-0.39, 0.29) is 22.7 Å². The molecule has 12 heteroatoms. The normalized spacial score (nSPS) is 15.5. The number of benzene rings is 2. The number of carbonyl (C=O) groups is 1. The largest absolute Gasteiger partial charge is 0.492 e. The Morgan fingerprint density at radius 3 is 2.34 bits per heavy atom. The van der Waals surface area contributed by atoms with Crippen LogP contribution in [-0.4, -0.2) is 90.3 Å². The Labute approximate surface area is 262 Å². The van der Waals surface area contributed by atoms with Crippen molar-refractivity contribution < 1.29 is 22.7 Å². The minimum atomic E-state index is -3.61. The number of anilines is 2. The summed E-state index contributed by atoms with van der Waals surface area (Å²) in [6.07, 6.45) is 4.87. The molecule has 1 saturated heterocycles. The first-order chi connectivity index (χ1) is 20.6. The van der Waals surface area contributed by atoms with Crippen LogP contribution in [0.15, 0.2) is 52.3 Å². The fourth-order valence-corrected chi connectivity index (χ4v) is 5.47. The quantitative estimate of drug-likeness (QED) is 0.218. The predicted molar refractivity (Wildman–Crippen MR) is 179 cm³/mol. The van der Waals surface area contributed by atoms with Crippen LogP contribution in [-0.2, 0) is 15.4 Å². The lowest BCUT2D eigenvalue weighted by Gasteiger charge is -2.36. The van der Waals surface area contributed by atoms with Crippen LogP contribution in [0.1, 0.15) is 55.1 Å². The van der Waals surface area contributed by atoms with Gasteiger partial charge in [0.05, 0.1) is 24.7 Å². The smallest absolute Gasteiger partial charge is 0.255 e. The fourth-order valence-electron chi connectivity index (χ4n) is 4.92. The van der Waals surface area contributed by atoms with Crippen molar-refractivity contribution in [2.45, 2.75) is 52.0 Å². The molecule has 2 N–H and O–H groups in total. The summed E-state index contributed by atoms with van der Waals surface area (Å²) in [5.41, 5.74) is 2.14. The highest BCUT2D eigenvalue weighted by atomic mass is 32.2. The zero-order valence-corrected chi connectivity index (χ0v) is 28.1. The van der Waals surface area contributed by atoms with E-state index in [0.717, 1.165) is 49.1 Å². The number of likely N-dealkylation sites (N-methyl/N-ethyl adjacent to an activating group) is 1. The monoisotopic (exact) mass is 626 g/mol. The van der Waals surface area contributed by atoms with Crippen molar-refractivity contribution in [2.75, 3.05) is 57.6 Å². The van der Waals surface area contributed by atoms with Gasteiger partial charge in [-0.1, -0.05) is 26.8 Å². The van der Waals surface area contributed by atoms with Crippen molar-refractivity contribution >= 4 is 39.9 Å². The van der Waals surface area contributed by atoms with Crippen molar-refractivity contribution in [3.8, 4) is 11.5 Å². The molecule has 0 spiro atoms. The summed E-state index contributed by atoms with van der Waals surface area (Å²) in [4.78, 5) is 26.5. The molecule has 1 amide bonds. The van der Waals surface area contributed by atoms with E-state index in [1.807, 2.05) is 34.7 Å². The Bertz CT molecular complexity index is 1540. The maximum atomic E-state index is 13.5. The molecule has 3 rings (SSSR count). The maximum absolute atomic E-state index is 13.5. The first-order valence-corrected chi connectivity index (χ1v) is 16.3. The number of sulfonamides is 1. The second kappa shape index (κ2) is 14.3. The van der Waals surface area contributed by atoms with E-state index in [2.05, 4.69) is 43.6 Å². The Kier molecular flexibility index (Phi) is 11.2. The topological polar surface area (TPSA) is 125 Å². The van der Waals surface area contributed by atoms with Crippen molar-refractivity contribution in [3.05, 3.63) is 59.0 Å². The maximum Gasteiger partial charge on any atom is 0.255 e. The molecular formula is C32H46N6O5S. The number of aliphatic imine (C=N–C) groups is 2. The van der Waals surface area contributed by atoms with Gasteiger partial charge in [-0.2, -0.15) is 0 Å². The minimum Gasteiger partial charge on any atom is -0.492 e. The van der Waals surface area contributed by atoms with E-state index < -0.39 is 15.9 Å². The lowest BCUT2D eigenvalue weighted by atomic mass is 9.86. The Hall–Kier alpha value is -3.90. The highest BCUT2D eigenvalue weighted by molar-refractivity contribution is 7.92. The SMILES string of the molecule is C=NC(=CC(=NC)N(C)C1CCN(C)CC1)Oc1cc(C(=O)Nc2cc(C(C)(C)C)cc(NS(C)(=O)=O)c2OC)ccc1C. The number of rotatable bonds is 10. The van der Waals surface area contributed by atoms with Gasteiger partial charge in [0, 0.05) is 31.8 Å². The average molecular weight is 627 g/mol. The molecule has 0 bridgehead atoms. The highest BCUT2D eigenvalue weighted by Crippen LogP contribution is 2.39. The lowest BCUT2D eigenvalue weighted by molar-refractivity contribution is 0.102. The standard InChI is InChI=1S/C32H46N6O5S/c1-21-11-12-22(17-27(21)43-29(34-6)20-28(33-5)38(8)24-13-15-37(7)16-14-24)31(39)35-25-18-23(32(2,3)4)19-26(30(25)42-9)36-44(10,40)41/h11-12,17-20,24,36H,6,13-16H2,1-5,7-10H3,(H,35,39). The second-order valence-corrected chi connectivity index (χ2v) is 13.9. The summed E-state index contributed by atoms with van der Waals surface area (Å²) in [7, 11) is 3.68. The van der Waals surface area contributed by atoms with Crippen LogP contribution in [0.25, 0.3) is 0 Å². The molecule has 1 heterocycles. The molecule has 11 nitrogen and oxygen atoms in total. The van der Waals surface area contributed by atoms with E-state index in [1.165, 1.54) is 7.11 Å². The molecule has 0 aromatic heterocycles. The van der Waals surface area contributed by atoms with Crippen molar-refractivity contribution in [1.29, 1.82) is 0 Å². The number of nitrogens with zero attached hydrogens (tertiary/aromatic N) is 4. The molecule has 0 unspecified atom stereocenters. The number of piperidine rings is 1. The zero-order valence-electron chi connectivity index (χ0n) is 27.3. The Morgan fingerprint density at radius 1 is 1.16 bits per heavy atom. The van der Waals surface area contributed by atoms with Crippen LogP contribution in [0, 0.1) is 6.92 Å². The van der Waals surface area contributed by atoms with E-state index in [1.54, 1.807) is 43.5 Å². The Balaban J connectivity index is 1.90. The van der Waals surface area contributed by atoms with Gasteiger partial charge >= 0.3 is 0 Å². The number of likely N-dealkylation sites (tertiary alicyclic amines) is 1. The van der Waals surface area contributed by atoms with Crippen molar-refractivity contribution in [2.24, 2.45) is 9.98 Å². The molecule has 0 saturated carbocycles. The van der Waals surface area contributed by atoms with E-state index >= 15 is 0 Å². The van der Waals surface area contributed by atoms with E-state index in [9.17, 15) is 13.2 Å². The predicted octanol–water partition coefficient (Wildman–Crippen LogP) is 4.90. The Morgan fingerprint density at radius 2 is 1.80 bits per heavy atom. The van der Waals surface area contributed by atoms with Gasteiger partial charge in [0.1, 0.15) is 11.6 Å². The summed E-state index contributed by atoms with van der Waals surface area (Å²) in [6.45, 7) is 13.6. The molecule has 1 fully saturated rings. The van der Waals surface area contributed by atoms with Gasteiger partial charge in [-0.05, 0) is 87.4 Å². The summed E-state index contributed by atoms with van der Waals surface area (Å²) in [6, 6.07) is 8.94. The molecule has 0 aliphatic carbocycles. The van der Waals surface area contributed by atoms with Gasteiger partial charge in [0.15, 0.2) is 5.75 Å². The highest BCUT2D eigenvalue weighted by Gasteiger charge is 2.24. The second-order valence-electron chi connectivity index (χ2n) is 12.1.